The molecule has 5 nitrogen and oxygen atoms in total. The number of fused-ring (bicyclic) bond motifs is 4. The summed E-state index contributed by atoms with van der Waals surface area (Å²) in [5.41, 5.74) is 11.0. The summed E-state index contributed by atoms with van der Waals surface area (Å²) >= 11 is 0. The lowest BCUT2D eigenvalue weighted by molar-refractivity contribution is 0.589. The largest absolute Gasteiger partial charge is 0.455 e. The van der Waals surface area contributed by atoms with Gasteiger partial charge in [-0.15, -0.1) is 0 Å². The molecule has 0 aliphatic heterocycles. The molecule has 0 aliphatic rings. The molecule has 34 heavy (non-hydrogen) atoms. The van der Waals surface area contributed by atoms with Gasteiger partial charge in [0.1, 0.15) is 11.2 Å². The number of nitrogens with two attached hydrogens (primary N) is 1. The summed E-state index contributed by atoms with van der Waals surface area (Å²) in [5.74, 6) is 0. The quantitative estimate of drug-likeness (QED) is 0.341. The SMILES string of the molecule is NCCc1cn(S(=O)(=O)c2ccccc2)c2ccc(-c3cccc4c3oc3ccccc34)cc12. The van der Waals surface area contributed by atoms with E-state index < -0.39 is 10.0 Å². The molecular weight excluding hydrogens is 444 g/mol. The van der Waals surface area contributed by atoms with Crippen LogP contribution in [0.25, 0.3) is 44.0 Å². The molecule has 6 rings (SSSR count). The second-order valence-corrected chi connectivity index (χ2v) is 10.1. The maximum atomic E-state index is 13.4. The van der Waals surface area contributed by atoms with E-state index in [0.717, 1.165) is 44.0 Å². The Morgan fingerprint density at radius 3 is 2.38 bits per heavy atom. The van der Waals surface area contributed by atoms with E-state index in [1.165, 1.54) is 3.97 Å². The van der Waals surface area contributed by atoms with Crippen LogP contribution < -0.4 is 5.73 Å². The molecule has 0 atom stereocenters. The van der Waals surface area contributed by atoms with Crippen LogP contribution in [0, 0.1) is 0 Å². The van der Waals surface area contributed by atoms with Crippen LogP contribution in [0.1, 0.15) is 5.56 Å². The van der Waals surface area contributed by atoms with Crippen LogP contribution in [-0.4, -0.2) is 18.9 Å². The van der Waals surface area contributed by atoms with Gasteiger partial charge in [0.15, 0.2) is 0 Å². The third-order valence-corrected chi connectivity index (χ3v) is 7.97. The predicted octanol–water partition coefficient (Wildman–Crippen LogP) is 5.95. The zero-order valence-corrected chi connectivity index (χ0v) is 19.1. The number of para-hydroxylation sites is 2. The van der Waals surface area contributed by atoms with Crippen LogP contribution >= 0.6 is 0 Å². The lowest BCUT2D eigenvalue weighted by Gasteiger charge is -2.08. The first kappa shape index (κ1) is 20.7. The zero-order valence-electron chi connectivity index (χ0n) is 18.3. The molecule has 168 valence electrons. The van der Waals surface area contributed by atoms with Gasteiger partial charge in [0.05, 0.1) is 10.4 Å². The predicted molar refractivity (Wildman–Crippen MR) is 136 cm³/mol. The summed E-state index contributed by atoms with van der Waals surface area (Å²) in [6, 6.07) is 28.5. The zero-order chi connectivity index (χ0) is 23.3. The van der Waals surface area contributed by atoms with Crippen molar-refractivity contribution in [1.29, 1.82) is 0 Å². The number of hydrogen-bond acceptors (Lipinski definition) is 4. The lowest BCUT2D eigenvalue weighted by Crippen LogP contribution is -2.11. The Morgan fingerprint density at radius 2 is 1.56 bits per heavy atom. The molecule has 0 aliphatic carbocycles. The van der Waals surface area contributed by atoms with Crippen molar-refractivity contribution in [3.8, 4) is 11.1 Å². The first-order valence-corrected chi connectivity index (χ1v) is 12.6. The van der Waals surface area contributed by atoms with Gasteiger partial charge in [0, 0.05) is 27.9 Å². The van der Waals surface area contributed by atoms with Gasteiger partial charge in [0.2, 0.25) is 0 Å². The Kier molecular flexibility index (Phi) is 4.79. The number of hydrogen-bond donors (Lipinski definition) is 1. The highest BCUT2D eigenvalue weighted by molar-refractivity contribution is 7.90. The number of rotatable bonds is 5. The van der Waals surface area contributed by atoms with Crippen molar-refractivity contribution in [3.63, 3.8) is 0 Å². The second kappa shape index (κ2) is 7.87. The molecule has 0 bridgehead atoms. The molecule has 2 aromatic heterocycles. The van der Waals surface area contributed by atoms with Gasteiger partial charge in [-0.2, -0.15) is 0 Å². The fraction of sp³-hybridized carbons (Fsp3) is 0.0714. The fourth-order valence-electron chi connectivity index (χ4n) is 4.67. The molecule has 0 unspecified atom stereocenters. The van der Waals surface area contributed by atoms with E-state index in [4.69, 9.17) is 10.2 Å². The van der Waals surface area contributed by atoms with Crippen LogP contribution in [0.3, 0.4) is 0 Å². The minimum absolute atomic E-state index is 0.252. The minimum Gasteiger partial charge on any atom is -0.455 e. The van der Waals surface area contributed by atoms with Crippen molar-refractivity contribution >= 4 is 42.9 Å². The van der Waals surface area contributed by atoms with Crippen molar-refractivity contribution in [2.45, 2.75) is 11.3 Å². The first-order chi connectivity index (χ1) is 16.6. The van der Waals surface area contributed by atoms with E-state index in [1.54, 1.807) is 36.5 Å². The van der Waals surface area contributed by atoms with E-state index in [9.17, 15) is 8.42 Å². The molecule has 2 heterocycles. The van der Waals surface area contributed by atoms with Gasteiger partial charge < -0.3 is 10.2 Å². The van der Waals surface area contributed by atoms with E-state index >= 15 is 0 Å². The molecule has 0 saturated carbocycles. The molecule has 0 spiro atoms. The van der Waals surface area contributed by atoms with E-state index in [-0.39, 0.29) is 4.90 Å². The van der Waals surface area contributed by atoms with Crippen molar-refractivity contribution in [2.24, 2.45) is 5.73 Å². The number of aromatic nitrogens is 1. The molecule has 0 radical (unpaired) electrons. The average molecular weight is 467 g/mol. The Labute approximate surface area is 197 Å². The molecule has 6 heteroatoms. The molecule has 4 aromatic carbocycles. The summed E-state index contributed by atoms with van der Waals surface area (Å²) in [6.45, 7) is 0.424. The standard InChI is InChI=1S/C28H22N2O3S/c29-16-15-20-18-30(34(31,32)21-7-2-1-3-8-21)26-14-13-19(17-25(20)26)22-10-6-11-24-23-9-4-5-12-27(23)33-28(22)24/h1-14,17-18H,15-16,29H2. The van der Waals surface area contributed by atoms with Crippen molar-refractivity contribution in [2.75, 3.05) is 6.54 Å². The molecule has 0 fully saturated rings. The average Bonchev–Trinajstić information content (AvgIpc) is 3.43. The Balaban J connectivity index is 1.58. The molecule has 2 N–H and O–H groups in total. The summed E-state index contributed by atoms with van der Waals surface area (Å²) in [7, 11) is -3.74. The number of furan rings is 1. The number of nitrogens with zero attached hydrogens (tertiary/aromatic N) is 1. The molecule has 0 saturated heterocycles. The molecule has 0 amide bonds. The Bertz CT molecular complexity index is 1780. The highest BCUT2D eigenvalue weighted by Gasteiger charge is 2.22. The molecular formula is C28H22N2O3S. The van der Waals surface area contributed by atoms with Crippen LogP contribution in [-0.2, 0) is 16.4 Å². The van der Waals surface area contributed by atoms with E-state index in [1.807, 2.05) is 48.5 Å². The van der Waals surface area contributed by atoms with Gasteiger partial charge in [-0.3, -0.25) is 0 Å². The summed E-state index contributed by atoms with van der Waals surface area (Å²) in [6.07, 6.45) is 2.28. The van der Waals surface area contributed by atoms with Gasteiger partial charge in [-0.25, -0.2) is 12.4 Å². The monoisotopic (exact) mass is 466 g/mol. The molecule has 6 aromatic rings. The van der Waals surface area contributed by atoms with Crippen LogP contribution in [0.5, 0.6) is 0 Å². The van der Waals surface area contributed by atoms with E-state index in [0.29, 0.717) is 18.5 Å². The summed E-state index contributed by atoms with van der Waals surface area (Å²) < 4.78 is 34.4. The topological polar surface area (TPSA) is 78.2 Å². The Hall–Kier alpha value is -3.87. The van der Waals surface area contributed by atoms with Crippen LogP contribution in [0.4, 0.5) is 0 Å². The maximum absolute atomic E-state index is 13.4. The smallest absolute Gasteiger partial charge is 0.268 e. The van der Waals surface area contributed by atoms with Crippen LogP contribution in [0.15, 0.2) is 107 Å². The number of benzene rings is 4. The second-order valence-electron chi connectivity index (χ2n) is 8.32. The van der Waals surface area contributed by atoms with Gasteiger partial charge in [0.25, 0.3) is 10.0 Å². The lowest BCUT2D eigenvalue weighted by atomic mass is 9.99. The van der Waals surface area contributed by atoms with Gasteiger partial charge >= 0.3 is 0 Å². The van der Waals surface area contributed by atoms with Gasteiger partial charge in [-0.1, -0.05) is 60.7 Å². The van der Waals surface area contributed by atoms with Crippen molar-refractivity contribution < 1.29 is 12.8 Å². The maximum Gasteiger partial charge on any atom is 0.268 e. The van der Waals surface area contributed by atoms with Crippen molar-refractivity contribution in [3.05, 3.63) is 103 Å². The van der Waals surface area contributed by atoms with Gasteiger partial charge in [-0.05, 0) is 54.4 Å². The minimum atomic E-state index is -3.74. The van der Waals surface area contributed by atoms with Crippen LogP contribution in [0.2, 0.25) is 0 Å². The summed E-state index contributed by atoms with van der Waals surface area (Å²) in [4.78, 5) is 0.252. The normalized spacial score (nSPS) is 12.1. The van der Waals surface area contributed by atoms with E-state index in [2.05, 4.69) is 12.1 Å². The van der Waals surface area contributed by atoms with Crippen molar-refractivity contribution in [1.82, 2.24) is 3.97 Å². The highest BCUT2D eigenvalue weighted by atomic mass is 32.2. The fourth-order valence-corrected chi connectivity index (χ4v) is 6.08. The third-order valence-electron chi connectivity index (χ3n) is 6.28. The first-order valence-electron chi connectivity index (χ1n) is 11.1. The highest BCUT2D eigenvalue weighted by Crippen LogP contribution is 2.37. The third kappa shape index (κ3) is 3.15. The Morgan fingerprint density at radius 1 is 0.794 bits per heavy atom. The summed E-state index contributed by atoms with van der Waals surface area (Å²) in [5, 5.41) is 3.00.